The smallest absolute Gasteiger partial charge is 0.387 e. The molecule has 0 aromatic heterocycles. The van der Waals surface area contributed by atoms with Crippen LogP contribution in [0.25, 0.3) is 0 Å². The maximum Gasteiger partial charge on any atom is 0.387 e. The van der Waals surface area contributed by atoms with Crippen molar-refractivity contribution in [1.82, 2.24) is 4.90 Å². The van der Waals surface area contributed by atoms with Gasteiger partial charge in [-0.2, -0.15) is 8.78 Å². The molecular formula is C14H19ClF2N2O. The first-order valence-corrected chi connectivity index (χ1v) is 6.95. The first-order chi connectivity index (χ1) is 9.42. The Kier molecular flexibility index (Phi) is 4.83. The highest BCUT2D eigenvalue weighted by molar-refractivity contribution is 6.32. The third-order valence-corrected chi connectivity index (χ3v) is 4.04. The summed E-state index contributed by atoms with van der Waals surface area (Å²) in [7, 11) is 0. The highest BCUT2D eigenvalue weighted by atomic mass is 35.5. The van der Waals surface area contributed by atoms with E-state index in [9.17, 15) is 8.78 Å². The van der Waals surface area contributed by atoms with Gasteiger partial charge in [-0.15, -0.1) is 0 Å². The van der Waals surface area contributed by atoms with Crippen LogP contribution in [0.1, 0.15) is 18.9 Å². The van der Waals surface area contributed by atoms with Gasteiger partial charge in [-0.25, -0.2) is 0 Å². The van der Waals surface area contributed by atoms with Crippen LogP contribution in [0, 0.1) is 5.41 Å². The number of nitrogens with zero attached hydrogens (tertiary/aromatic N) is 1. The quantitative estimate of drug-likeness (QED) is 0.908. The summed E-state index contributed by atoms with van der Waals surface area (Å²) in [6, 6.07) is 4.93. The monoisotopic (exact) mass is 304 g/mol. The predicted molar refractivity (Wildman–Crippen MR) is 75.1 cm³/mol. The minimum absolute atomic E-state index is 0.0126. The van der Waals surface area contributed by atoms with Crippen LogP contribution < -0.4 is 10.5 Å². The predicted octanol–water partition coefficient (Wildman–Crippen LogP) is 3.11. The molecule has 0 amide bonds. The van der Waals surface area contributed by atoms with Crippen LogP contribution in [-0.2, 0) is 6.54 Å². The summed E-state index contributed by atoms with van der Waals surface area (Å²) >= 11 is 5.95. The van der Waals surface area contributed by atoms with Crippen molar-refractivity contribution in [3.8, 4) is 5.75 Å². The van der Waals surface area contributed by atoms with Crippen molar-refractivity contribution in [1.29, 1.82) is 0 Å². The second kappa shape index (κ2) is 6.24. The lowest BCUT2D eigenvalue weighted by Gasteiger charge is -2.22. The van der Waals surface area contributed by atoms with E-state index in [0.717, 1.165) is 31.6 Å². The molecular weight excluding hydrogens is 286 g/mol. The molecule has 1 saturated heterocycles. The van der Waals surface area contributed by atoms with Gasteiger partial charge in [0, 0.05) is 13.1 Å². The lowest BCUT2D eigenvalue weighted by Crippen LogP contribution is -2.31. The minimum atomic E-state index is -2.86. The van der Waals surface area contributed by atoms with Crippen molar-refractivity contribution in [2.75, 3.05) is 19.6 Å². The van der Waals surface area contributed by atoms with Gasteiger partial charge in [0.1, 0.15) is 5.75 Å². The van der Waals surface area contributed by atoms with Gasteiger partial charge in [0.05, 0.1) is 5.02 Å². The van der Waals surface area contributed by atoms with Crippen LogP contribution in [0.3, 0.4) is 0 Å². The van der Waals surface area contributed by atoms with Crippen LogP contribution >= 0.6 is 11.6 Å². The van der Waals surface area contributed by atoms with Crippen LogP contribution in [-0.4, -0.2) is 31.1 Å². The van der Waals surface area contributed by atoms with E-state index in [4.69, 9.17) is 17.3 Å². The number of rotatable bonds is 5. The minimum Gasteiger partial charge on any atom is -0.433 e. The van der Waals surface area contributed by atoms with Crippen molar-refractivity contribution in [3.63, 3.8) is 0 Å². The number of likely N-dealkylation sites (tertiary alicyclic amines) is 1. The van der Waals surface area contributed by atoms with Crippen LogP contribution in [0.5, 0.6) is 5.75 Å². The van der Waals surface area contributed by atoms with Crippen molar-refractivity contribution >= 4 is 11.6 Å². The van der Waals surface area contributed by atoms with Crippen LogP contribution in [0.4, 0.5) is 8.78 Å². The summed E-state index contributed by atoms with van der Waals surface area (Å²) in [5.74, 6) is 0.0126. The molecule has 1 aromatic carbocycles. The zero-order valence-electron chi connectivity index (χ0n) is 11.4. The normalized spacial score (nSPS) is 23.5. The molecule has 0 radical (unpaired) electrons. The topological polar surface area (TPSA) is 38.5 Å². The number of nitrogens with two attached hydrogens (primary N) is 1. The fraction of sp³-hybridized carbons (Fsp3) is 0.571. The summed E-state index contributed by atoms with van der Waals surface area (Å²) in [5.41, 5.74) is 6.93. The molecule has 1 aliphatic heterocycles. The Balaban J connectivity index is 1.99. The largest absolute Gasteiger partial charge is 0.433 e. The molecule has 2 N–H and O–H groups in total. The third kappa shape index (κ3) is 3.81. The van der Waals surface area contributed by atoms with Crippen molar-refractivity contribution in [3.05, 3.63) is 28.8 Å². The van der Waals surface area contributed by atoms with Gasteiger partial charge in [0.2, 0.25) is 0 Å². The Hall–Kier alpha value is -0.910. The number of hydrogen-bond donors (Lipinski definition) is 1. The zero-order chi connectivity index (χ0) is 14.8. The number of benzene rings is 1. The number of ether oxygens (including phenoxy) is 1. The summed E-state index contributed by atoms with van der Waals surface area (Å²) in [4.78, 5) is 2.30. The fourth-order valence-corrected chi connectivity index (χ4v) is 2.77. The first-order valence-electron chi connectivity index (χ1n) is 6.57. The van der Waals surface area contributed by atoms with Crippen molar-refractivity contribution < 1.29 is 13.5 Å². The Morgan fingerprint density at radius 3 is 2.80 bits per heavy atom. The summed E-state index contributed by atoms with van der Waals surface area (Å²) in [5, 5.41) is 0.212. The van der Waals surface area contributed by atoms with E-state index in [1.165, 1.54) is 6.07 Å². The Morgan fingerprint density at radius 2 is 2.25 bits per heavy atom. The van der Waals surface area contributed by atoms with Gasteiger partial charge in [0.25, 0.3) is 0 Å². The van der Waals surface area contributed by atoms with Crippen molar-refractivity contribution in [2.24, 2.45) is 11.1 Å². The third-order valence-electron chi connectivity index (χ3n) is 3.75. The van der Waals surface area contributed by atoms with Gasteiger partial charge in [-0.05, 0) is 42.6 Å². The molecule has 0 bridgehead atoms. The lowest BCUT2D eigenvalue weighted by atomic mass is 9.90. The molecule has 0 spiro atoms. The van der Waals surface area contributed by atoms with E-state index in [1.54, 1.807) is 12.1 Å². The maximum absolute atomic E-state index is 12.2. The molecule has 1 fully saturated rings. The molecule has 20 heavy (non-hydrogen) atoms. The Morgan fingerprint density at radius 1 is 1.50 bits per heavy atom. The number of halogens is 3. The molecule has 2 rings (SSSR count). The summed E-state index contributed by atoms with van der Waals surface area (Å²) in [6.45, 7) is 2.66. The molecule has 0 aliphatic carbocycles. The second-order valence-corrected chi connectivity index (χ2v) is 6.03. The first kappa shape index (κ1) is 15.5. The average Bonchev–Trinajstić information content (AvgIpc) is 2.75. The number of hydrogen-bond acceptors (Lipinski definition) is 3. The average molecular weight is 305 g/mol. The number of alkyl halides is 2. The molecule has 1 heterocycles. The molecule has 3 nitrogen and oxygen atoms in total. The van der Waals surface area contributed by atoms with Gasteiger partial charge < -0.3 is 10.5 Å². The summed E-state index contributed by atoms with van der Waals surface area (Å²) in [6.07, 6.45) is 1.07. The van der Waals surface area contributed by atoms with E-state index in [1.807, 2.05) is 0 Å². The maximum atomic E-state index is 12.2. The molecule has 0 saturated carbocycles. The van der Waals surface area contributed by atoms with Gasteiger partial charge in [-0.1, -0.05) is 24.6 Å². The molecule has 112 valence electrons. The summed E-state index contributed by atoms with van der Waals surface area (Å²) < 4.78 is 28.6. The molecule has 1 aliphatic rings. The molecule has 6 heteroatoms. The molecule has 1 atom stereocenters. The van der Waals surface area contributed by atoms with Gasteiger partial charge >= 0.3 is 6.61 Å². The highest BCUT2D eigenvalue weighted by Gasteiger charge is 2.32. The van der Waals surface area contributed by atoms with E-state index >= 15 is 0 Å². The highest BCUT2D eigenvalue weighted by Crippen LogP contribution is 2.31. The van der Waals surface area contributed by atoms with Gasteiger partial charge in [0.15, 0.2) is 0 Å². The van der Waals surface area contributed by atoms with Crippen molar-refractivity contribution in [2.45, 2.75) is 26.5 Å². The van der Waals surface area contributed by atoms with Crippen LogP contribution in [0.2, 0.25) is 5.02 Å². The van der Waals surface area contributed by atoms with Gasteiger partial charge in [-0.3, -0.25) is 4.90 Å². The fourth-order valence-electron chi connectivity index (χ4n) is 2.52. The van der Waals surface area contributed by atoms with E-state index in [0.29, 0.717) is 6.54 Å². The Labute approximate surface area is 122 Å². The molecule has 1 unspecified atom stereocenters. The zero-order valence-corrected chi connectivity index (χ0v) is 12.2. The lowest BCUT2D eigenvalue weighted by molar-refractivity contribution is -0.0498. The van der Waals surface area contributed by atoms with E-state index < -0.39 is 6.61 Å². The van der Waals surface area contributed by atoms with Crippen LogP contribution in [0.15, 0.2) is 18.2 Å². The standard InChI is InChI=1S/C14H19ClF2N2O/c1-14(8-18)4-5-19(9-14)7-10-2-3-12(11(15)6-10)20-13(16)17/h2-3,6,13H,4-5,7-9,18H2,1H3. The van der Waals surface area contributed by atoms with E-state index in [-0.39, 0.29) is 16.2 Å². The SMILES string of the molecule is CC1(CN)CCN(Cc2ccc(OC(F)F)c(Cl)c2)C1. The van der Waals surface area contributed by atoms with E-state index in [2.05, 4.69) is 16.6 Å². The second-order valence-electron chi connectivity index (χ2n) is 5.62. The molecule has 1 aromatic rings. The Bertz CT molecular complexity index is 472.